The number of benzene rings is 1. The van der Waals surface area contributed by atoms with Gasteiger partial charge in [0.2, 0.25) is 5.91 Å². The van der Waals surface area contributed by atoms with Crippen LogP contribution in [0.2, 0.25) is 0 Å². The van der Waals surface area contributed by atoms with E-state index in [0.29, 0.717) is 17.9 Å². The van der Waals surface area contributed by atoms with Crippen LogP contribution in [-0.2, 0) is 4.79 Å². The quantitative estimate of drug-likeness (QED) is 0.536. The van der Waals surface area contributed by atoms with E-state index in [2.05, 4.69) is 10.6 Å². The Kier molecular flexibility index (Phi) is 4.33. The van der Waals surface area contributed by atoms with Crippen LogP contribution >= 0.6 is 0 Å². The number of nitrogens with one attached hydrogen (secondary N) is 2. The molecule has 6 nitrogen and oxygen atoms in total. The summed E-state index contributed by atoms with van der Waals surface area (Å²) in [4.78, 5) is 22.4. The second kappa shape index (κ2) is 5.74. The highest BCUT2D eigenvalue weighted by Gasteiger charge is 2.11. The maximum atomic E-state index is 11.3. The summed E-state index contributed by atoms with van der Waals surface area (Å²) >= 11 is 0. The van der Waals surface area contributed by atoms with Crippen molar-refractivity contribution in [3.8, 4) is 0 Å². The van der Waals surface area contributed by atoms with Gasteiger partial charge in [-0.25, -0.2) is 0 Å². The normalized spacial score (nSPS) is 9.71. The third kappa shape index (κ3) is 3.37. The number of hydrogen-bond acceptors (Lipinski definition) is 4. The van der Waals surface area contributed by atoms with E-state index in [9.17, 15) is 9.59 Å². The van der Waals surface area contributed by atoms with Crippen LogP contribution in [0.3, 0.4) is 0 Å². The molecule has 0 unspecified atom stereocenters. The Bertz CT molecular complexity index is 431. The number of nitrogens with two attached hydrogens (primary N) is 2. The van der Waals surface area contributed by atoms with Gasteiger partial charge in [0, 0.05) is 6.54 Å². The zero-order valence-electron chi connectivity index (χ0n) is 9.62. The van der Waals surface area contributed by atoms with Gasteiger partial charge in [-0.2, -0.15) is 0 Å². The number of anilines is 2. The highest BCUT2D eigenvalue weighted by Crippen LogP contribution is 2.22. The molecule has 1 rings (SSSR count). The van der Waals surface area contributed by atoms with Crippen LogP contribution in [0.4, 0.5) is 11.4 Å². The third-order valence-corrected chi connectivity index (χ3v) is 2.16. The Labute approximate surface area is 99.4 Å². The van der Waals surface area contributed by atoms with Crippen LogP contribution in [0.15, 0.2) is 18.2 Å². The highest BCUT2D eigenvalue weighted by atomic mass is 16.2. The van der Waals surface area contributed by atoms with Crippen molar-refractivity contribution in [2.45, 2.75) is 6.92 Å². The maximum Gasteiger partial charge on any atom is 0.250 e. The summed E-state index contributed by atoms with van der Waals surface area (Å²) in [7, 11) is 0. The fourth-order valence-corrected chi connectivity index (χ4v) is 1.40. The van der Waals surface area contributed by atoms with Crippen molar-refractivity contribution < 1.29 is 9.59 Å². The first kappa shape index (κ1) is 12.8. The molecule has 0 bridgehead atoms. The predicted octanol–water partition coefficient (Wildman–Crippen LogP) is -0.0843. The van der Waals surface area contributed by atoms with Crippen molar-refractivity contribution in [1.82, 2.24) is 5.32 Å². The lowest BCUT2D eigenvalue weighted by Gasteiger charge is -2.12. The van der Waals surface area contributed by atoms with Crippen molar-refractivity contribution in [2.24, 2.45) is 5.73 Å². The molecule has 6 heteroatoms. The molecule has 0 fully saturated rings. The zero-order chi connectivity index (χ0) is 12.8. The molecule has 0 radical (unpaired) electrons. The van der Waals surface area contributed by atoms with Crippen LogP contribution in [0.5, 0.6) is 0 Å². The van der Waals surface area contributed by atoms with E-state index in [0.717, 1.165) is 0 Å². The molecule has 6 N–H and O–H groups in total. The van der Waals surface area contributed by atoms with E-state index < -0.39 is 5.91 Å². The van der Waals surface area contributed by atoms with Crippen molar-refractivity contribution in [3.05, 3.63) is 23.8 Å². The summed E-state index contributed by atoms with van der Waals surface area (Å²) in [5.41, 5.74) is 12.0. The van der Waals surface area contributed by atoms with Crippen molar-refractivity contribution in [2.75, 3.05) is 24.1 Å². The number of hydrogen-bond donors (Lipinski definition) is 4. The Hall–Kier alpha value is -2.24. The molecule has 0 aliphatic carbocycles. The summed E-state index contributed by atoms with van der Waals surface area (Å²) in [6.07, 6.45) is 0. The molecule has 1 aromatic carbocycles. The molecule has 17 heavy (non-hydrogen) atoms. The van der Waals surface area contributed by atoms with Gasteiger partial charge in [-0.1, -0.05) is 6.07 Å². The molecule has 0 aromatic heterocycles. The number of rotatable bonds is 5. The first-order chi connectivity index (χ1) is 8.06. The molecule has 0 saturated heterocycles. The fraction of sp³-hybridized carbons (Fsp3) is 0.273. The molecular formula is C11H16N4O2. The van der Waals surface area contributed by atoms with E-state index >= 15 is 0 Å². The minimum atomic E-state index is -0.587. The Balaban J connectivity index is 2.82. The van der Waals surface area contributed by atoms with Gasteiger partial charge < -0.3 is 22.1 Å². The summed E-state index contributed by atoms with van der Waals surface area (Å²) in [5.74, 6) is -0.762. The topological polar surface area (TPSA) is 110 Å². The van der Waals surface area contributed by atoms with Gasteiger partial charge in [0.15, 0.2) is 0 Å². The highest BCUT2D eigenvalue weighted by molar-refractivity contribution is 6.01. The van der Waals surface area contributed by atoms with E-state index in [1.54, 1.807) is 18.2 Å². The smallest absolute Gasteiger partial charge is 0.250 e. The van der Waals surface area contributed by atoms with Crippen LogP contribution in [0.25, 0.3) is 0 Å². The number of primary amides is 1. The zero-order valence-corrected chi connectivity index (χ0v) is 9.62. The van der Waals surface area contributed by atoms with Crippen molar-refractivity contribution in [3.63, 3.8) is 0 Å². The molecule has 0 saturated carbocycles. The number of carbonyl (C=O) groups is 2. The second-order valence-electron chi connectivity index (χ2n) is 3.44. The maximum absolute atomic E-state index is 11.3. The first-order valence-corrected chi connectivity index (χ1v) is 5.25. The number of para-hydroxylation sites is 1. The minimum absolute atomic E-state index is 0.0440. The number of amides is 2. The Morgan fingerprint density at radius 2 is 2.06 bits per heavy atom. The standard InChI is InChI=1S/C11H16N4O2/c1-2-14-9(16)6-15-10-7(11(13)17)4-3-5-8(10)12/h3-5,15H,2,6,12H2,1H3,(H2,13,17)(H,14,16). The lowest BCUT2D eigenvalue weighted by Crippen LogP contribution is -2.30. The van der Waals surface area contributed by atoms with E-state index in [-0.39, 0.29) is 18.0 Å². The second-order valence-corrected chi connectivity index (χ2v) is 3.44. The van der Waals surface area contributed by atoms with Crippen LogP contribution in [0, 0.1) is 0 Å². The minimum Gasteiger partial charge on any atom is -0.397 e. The molecule has 0 atom stereocenters. The van der Waals surface area contributed by atoms with Gasteiger partial charge >= 0.3 is 0 Å². The van der Waals surface area contributed by atoms with Gasteiger partial charge in [-0.15, -0.1) is 0 Å². The third-order valence-electron chi connectivity index (χ3n) is 2.16. The predicted molar refractivity (Wildman–Crippen MR) is 66.5 cm³/mol. The monoisotopic (exact) mass is 236 g/mol. The molecule has 0 aliphatic rings. The molecule has 92 valence electrons. The average Bonchev–Trinajstić information content (AvgIpc) is 2.27. The lowest BCUT2D eigenvalue weighted by molar-refractivity contribution is -0.119. The summed E-state index contributed by atoms with van der Waals surface area (Å²) in [6, 6.07) is 4.82. The first-order valence-electron chi connectivity index (χ1n) is 5.25. The molecular weight excluding hydrogens is 220 g/mol. The van der Waals surface area contributed by atoms with Gasteiger partial charge in [-0.3, -0.25) is 9.59 Å². The van der Waals surface area contributed by atoms with E-state index in [1.165, 1.54) is 0 Å². The SMILES string of the molecule is CCNC(=O)CNc1c(N)cccc1C(N)=O. The number of likely N-dealkylation sites (N-methyl/N-ethyl adjacent to an activating group) is 1. The number of nitrogen functional groups attached to an aromatic ring is 1. The molecule has 0 aliphatic heterocycles. The largest absolute Gasteiger partial charge is 0.397 e. The van der Waals surface area contributed by atoms with Crippen LogP contribution < -0.4 is 22.1 Å². The van der Waals surface area contributed by atoms with Crippen molar-refractivity contribution >= 4 is 23.2 Å². The fourth-order valence-electron chi connectivity index (χ4n) is 1.40. The summed E-state index contributed by atoms with van der Waals surface area (Å²) in [5, 5.41) is 5.44. The molecule has 0 heterocycles. The molecule has 1 aromatic rings. The Morgan fingerprint density at radius 1 is 1.35 bits per heavy atom. The summed E-state index contributed by atoms with van der Waals surface area (Å²) in [6.45, 7) is 2.42. The van der Waals surface area contributed by atoms with E-state index in [4.69, 9.17) is 11.5 Å². The average molecular weight is 236 g/mol. The molecule has 0 spiro atoms. The van der Waals surface area contributed by atoms with Crippen molar-refractivity contribution in [1.29, 1.82) is 0 Å². The van der Waals surface area contributed by atoms with Crippen LogP contribution in [0.1, 0.15) is 17.3 Å². The van der Waals surface area contributed by atoms with Gasteiger partial charge in [0.1, 0.15) is 0 Å². The van der Waals surface area contributed by atoms with Crippen LogP contribution in [-0.4, -0.2) is 24.9 Å². The molecule has 2 amide bonds. The van der Waals surface area contributed by atoms with Gasteiger partial charge in [0.25, 0.3) is 5.91 Å². The summed E-state index contributed by atoms with van der Waals surface area (Å²) < 4.78 is 0. The van der Waals surface area contributed by atoms with E-state index in [1.807, 2.05) is 6.92 Å². The lowest BCUT2D eigenvalue weighted by atomic mass is 10.1. The van der Waals surface area contributed by atoms with Gasteiger partial charge in [0.05, 0.1) is 23.5 Å². The van der Waals surface area contributed by atoms with Gasteiger partial charge in [-0.05, 0) is 19.1 Å². The Morgan fingerprint density at radius 3 is 2.65 bits per heavy atom. The number of carbonyl (C=O) groups excluding carboxylic acids is 2.